The van der Waals surface area contributed by atoms with E-state index in [0.717, 1.165) is 0 Å². The second-order valence-electron chi connectivity index (χ2n) is 4.39. The second kappa shape index (κ2) is 5.33. The minimum atomic E-state index is -0.716. The van der Waals surface area contributed by atoms with E-state index in [-0.39, 0.29) is 0 Å². The summed E-state index contributed by atoms with van der Waals surface area (Å²) >= 11 is -0.716. The molecule has 2 aliphatic rings. The molecule has 0 atom stereocenters. The van der Waals surface area contributed by atoms with Crippen molar-refractivity contribution in [1.29, 1.82) is 0 Å². The molecule has 0 aromatic carbocycles. The van der Waals surface area contributed by atoms with E-state index in [1.54, 1.807) is 0 Å². The molecule has 0 amide bonds. The standard InChI is InChI=1S/2C6H9.Hg/c2*1-2-4-6-5-3-1;/h2*1H,2,4-6H2;. The Kier molecular flexibility index (Phi) is 4.08. The third-order valence-electron chi connectivity index (χ3n) is 3.22. The molecule has 0 unspecified atom stereocenters. The zero-order chi connectivity index (χ0) is 8.93. The average molecular weight is 363 g/mol. The Morgan fingerprint density at radius 2 is 1.31 bits per heavy atom. The summed E-state index contributed by atoms with van der Waals surface area (Å²) in [5.41, 5.74) is 0. The van der Waals surface area contributed by atoms with Gasteiger partial charge in [-0.25, -0.2) is 0 Å². The first kappa shape index (κ1) is 9.95. The molecule has 0 spiro atoms. The van der Waals surface area contributed by atoms with Gasteiger partial charge in [-0.1, -0.05) is 0 Å². The molecule has 1 heteroatoms. The van der Waals surface area contributed by atoms with E-state index in [4.69, 9.17) is 0 Å². The molecule has 68 valence electrons. The summed E-state index contributed by atoms with van der Waals surface area (Å²) in [6.45, 7) is 0. The van der Waals surface area contributed by atoms with Crippen molar-refractivity contribution in [1.82, 2.24) is 0 Å². The van der Waals surface area contributed by atoms with E-state index >= 15 is 0 Å². The van der Waals surface area contributed by atoms with Crippen molar-refractivity contribution >= 4 is 0 Å². The van der Waals surface area contributed by atoms with Gasteiger partial charge in [-0.3, -0.25) is 0 Å². The molecular formula is C12H18Hg. The van der Waals surface area contributed by atoms with Crippen LogP contribution >= 0.6 is 0 Å². The molecule has 0 aromatic heterocycles. The van der Waals surface area contributed by atoms with Crippen molar-refractivity contribution in [3.63, 3.8) is 0 Å². The van der Waals surface area contributed by atoms with Crippen LogP contribution in [0.1, 0.15) is 51.4 Å². The number of allylic oxidation sites excluding steroid dienone is 4. The van der Waals surface area contributed by atoms with Gasteiger partial charge in [0.15, 0.2) is 0 Å². The molecule has 0 saturated heterocycles. The van der Waals surface area contributed by atoms with Gasteiger partial charge in [-0.05, 0) is 0 Å². The summed E-state index contributed by atoms with van der Waals surface area (Å²) in [6, 6.07) is 0. The Morgan fingerprint density at radius 3 is 1.69 bits per heavy atom. The van der Waals surface area contributed by atoms with Crippen LogP contribution in [-0.4, -0.2) is 0 Å². The summed E-state index contributed by atoms with van der Waals surface area (Å²) in [5.74, 6) is 0. The van der Waals surface area contributed by atoms with Gasteiger partial charge in [0.2, 0.25) is 0 Å². The van der Waals surface area contributed by atoms with E-state index in [0.29, 0.717) is 0 Å². The fourth-order valence-electron chi connectivity index (χ4n) is 2.42. The normalized spacial score (nSPS) is 23.1. The van der Waals surface area contributed by atoms with Gasteiger partial charge in [0.1, 0.15) is 0 Å². The molecule has 0 heterocycles. The summed E-state index contributed by atoms with van der Waals surface area (Å²) in [5, 5.41) is 0. The van der Waals surface area contributed by atoms with Crippen molar-refractivity contribution in [2.75, 3.05) is 0 Å². The molecule has 0 fully saturated rings. The monoisotopic (exact) mass is 364 g/mol. The maximum absolute atomic E-state index is 2.58. The fourth-order valence-corrected chi connectivity index (χ4v) is 10.7. The van der Waals surface area contributed by atoms with Crippen LogP contribution < -0.4 is 0 Å². The first-order valence-corrected chi connectivity index (χ1v) is 11.3. The van der Waals surface area contributed by atoms with Crippen molar-refractivity contribution < 1.29 is 24.6 Å². The van der Waals surface area contributed by atoms with E-state index in [9.17, 15) is 0 Å². The Hall–Kier alpha value is 0.415. The maximum atomic E-state index is 2.58. The molecule has 0 N–H and O–H groups in total. The predicted molar refractivity (Wildman–Crippen MR) is 53.1 cm³/mol. The van der Waals surface area contributed by atoms with Crippen LogP contribution in [0, 0.1) is 0 Å². The summed E-state index contributed by atoms with van der Waals surface area (Å²) < 4.78 is 3.89. The van der Waals surface area contributed by atoms with Crippen molar-refractivity contribution in [3.05, 3.63) is 18.3 Å². The quantitative estimate of drug-likeness (QED) is 0.652. The Labute approximate surface area is 93.9 Å². The second-order valence-corrected chi connectivity index (χ2v) is 12.8. The van der Waals surface area contributed by atoms with E-state index in [1.165, 1.54) is 51.4 Å². The van der Waals surface area contributed by atoms with Gasteiger partial charge in [0, 0.05) is 0 Å². The SMILES string of the molecule is C1=[C]([Hg][C]2=CCCCC2)CCCC1. The topological polar surface area (TPSA) is 0 Å². The molecule has 0 bridgehead atoms. The van der Waals surface area contributed by atoms with Gasteiger partial charge in [-0.2, -0.15) is 0 Å². The molecule has 0 saturated carbocycles. The van der Waals surface area contributed by atoms with Crippen LogP contribution in [-0.2, 0) is 24.6 Å². The molecule has 0 aliphatic heterocycles. The first-order chi connectivity index (χ1) is 6.45. The van der Waals surface area contributed by atoms with E-state index in [2.05, 4.69) is 12.2 Å². The molecule has 2 aliphatic carbocycles. The van der Waals surface area contributed by atoms with Gasteiger partial charge < -0.3 is 0 Å². The zero-order valence-corrected chi connectivity index (χ0v) is 14.0. The number of hydrogen-bond donors (Lipinski definition) is 0. The van der Waals surface area contributed by atoms with Crippen LogP contribution in [0.25, 0.3) is 0 Å². The predicted octanol–water partition coefficient (Wildman–Crippen LogP) is 3.98. The molecule has 0 nitrogen and oxygen atoms in total. The third-order valence-corrected chi connectivity index (χ3v) is 11.7. The fraction of sp³-hybridized carbons (Fsp3) is 0.667. The van der Waals surface area contributed by atoms with Crippen molar-refractivity contribution in [3.8, 4) is 0 Å². The average Bonchev–Trinajstić information content (AvgIpc) is 2.21. The molecule has 2 rings (SSSR count). The number of hydrogen-bond acceptors (Lipinski definition) is 0. The van der Waals surface area contributed by atoms with Crippen LogP contribution in [0.2, 0.25) is 0 Å². The van der Waals surface area contributed by atoms with Gasteiger partial charge in [-0.15, -0.1) is 0 Å². The van der Waals surface area contributed by atoms with Crippen LogP contribution in [0.3, 0.4) is 0 Å². The van der Waals surface area contributed by atoms with Crippen molar-refractivity contribution in [2.45, 2.75) is 51.4 Å². The Bertz CT molecular complexity index is 201. The molecule has 0 radical (unpaired) electrons. The Morgan fingerprint density at radius 1 is 0.769 bits per heavy atom. The Balaban J connectivity index is 1.88. The van der Waals surface area contributed by atoms with E-state index in [1.807, 2.05) is 6.16 Å². The molecule has 0 aromatic rings. The minimum absolute atomic E-state index is 0.716. The summed E-state index contributed by atoms with van der Waals surface area (Å²) in [6.07, 6.45) is 16.8. The summed E-state index contributed by atoms with van der Waals surface area (Å²) in [4.78, 5) is 0. The third kappa shape index (κ3) is 3.23. The van der Waals surface area contributed by atoms with Gasteiger partial charge in [0.25, 0.3) is 0 Å². The molecule has 13 heavy (non-hydrogen) atoms. The zero-order valence-electron chi connectivity index (χ0n) is 8.52. The van der Waals surface area contributed by atoms with Crippen LogP contribution in [0.4, 0.5) is 0 Å². The summed E-state index contributed by atoms with van der Waals surface area (Å²) in [7, 11) is 0. The van der Waals surface area contributed by atoms with Gasteiger partial charge >= 0.3 is 94.3 Å². The van der Waals surface area contributed by atoms with Gasteiger partial charge in [0.05, 0.1) is 0 Å². The molecular weight excluding hydrogens is 345 g/mol. The van der Waals surface area contributed by atoms with Crippen molar-refractivity contribution in [2.24, 2.45) is 0 Å². The first-order valence-electron chi connectivity index (χ1n) is 5.81. The van der Waals surface area contributed by atoms with Crippen LogP contribution in [0.15, 0.2) is 18.3 Å². The van der Waals surface area contributed by atoms with Crippen LogP contribution in [0.5, 0.6) is 0 Å². The van der Waals surface area contributed by atoms with E-state index < -0.39 is 24.6 Å². The number of rotatable bonds is 2.